The minimum atomic E-state index is -3.32. The Morgan fingerprint density at radius 3 is 2.39 bits per heavy atom. The fourth-order valence-corrected chi connectivity index (χ4v) is 8.17. The molecule has 0 aliphatic heterocycles. The van der Waals surface area contributed by atoms with Gasteiger partial charge in [0.05, 0.1) is 18.7 Å². The van der Waals surface area contributed by atoms with Gasteiger partial charge in [0.25, 0.3) is 0 Å². The Hall–Kier alpha value is -1.29. The summed E-state index contributed by atoms with van der Waals surface area (Å²) < 4.78 is 25.1. The molecule has 4 nitrogen and oxygen atoms in total. The SMILES string of the molecule is CCOC(=O)C(C)(CC(C)C)P(=O)(CSc1ccc2ccccc2c1)OCC. The van der Waals surface area contributed by atoms with Gasteiger partial charge in [-0.25, -0.2) is 0 Å². The first kappa shape index (κ1) is 23.0. The van der Waals surface area contributed by atoms with Crippen molar-refractivity contribution in [3.8, 4) is 0 Å². The van der Waals surface area contributed by atoms with Crippen LogP contribution in [0.2, 0.25) is 0 Å². The van der Waals surface area contributed by atoms with Crippen molar-refractivity contribution in [1.29, 1.82) is 0 Å². The number of hydrogen-bond donors (Lipinski definition) is 0. The summed E-state index contributed by atoms with van der Waals surface area (Å²) in [6.45, 7) is 9.91. The average Bonchev–Trinajstić information content (AvgIpc) is 2.66. The van der Waals surface area contributed by atoms with Crippen molar-refractivity contribution >= 4 is 35.9 Å². The molecule has 0 saturated heterocycles. The Kier molecular flexibility index (Phi) is 8.18. The Labute approximate surface area is 172 Å². The summed E-state index contributed by atoms with van der Waals surface area (Å²) in [7, 11) is -3.32. The van der Waals surface area contributed by atoms with E-state index in [2.05, 4.69) is 24.3 Å². The van der Waals surface area contributed by atoms with Gasteiger partial charge in [-0.1, -0.05) is 44.2 Å². The van der Waals surface area contributed by atoms with Crippen LogP contribution in [0.15, 0.2) is 47.4 Å². The normalized spacial score (nSPS) is 15.9. The molecule has 0 N–H and O–H groups in total. The summed E-state index contributed by atoms with van der Waals surface area (Å²) in [5.74, 6) is -0.242. The van der Waals surface area contributed by atoms with E-state index >= 15 is 0 Å². The molecule has 0 aliphatic carbocycles. The van der Waals surface area contributed by atoms with Gasteiger partial charge in [-0.2, -0.15) is 0 Å². The van der Waals surface area contributed by atoms with Crippen LogP contribution in [0.25, 0.3) is 10.8 Å². The van der Waals surface area contributed by atoms with Gasteiger partial charge in [-0.3, -0.25) is 9.36 Å². The molecule has 0 aromatic heterocycles. The van der Waals surface area contributed by atoms with Gasteiger partial charge in [0, 0.05) is 4.90 Å². The van der Waals surface area contributed by atoms with Gasteiger partial charge in [0.2, 0.25) is 7.37 Å². The maximum Gasteiger partial charge on any atom is 0.321 e. The molecule has 0 heterocycles. The Balaban J connectivity index is 2.32. The van der Waals surface area contributed by atoms with Gasteiger partial charge in [-0.05, 0) is 56.0 Å². The van der Waals surface area contributed by atoms with Crippen molar-refractivity contribution in [2.75, 3.05) is 18.7 Å². The predicted octanol–water partition coefficient (Wildman–Crippen LogP) is 6.57. The first-order valence-corrected chi connectivity index (χ1v) is 12.6. The molecule has 2 aromatic carbocycles. The molecule has 0 saturated carbocycles. The van der Waals surface area contributed by atoms with E-state index in [0.717, 1.165) is 15.7 Å². The molecular weight excluding hydrogens is 391 g/mol. The number of esters is 1. The van der Waals surface area contributed by atoms with Crippen molar-refractivity contribution in [3.05, 3.63) is 42.5 Å². The topological polar surface area (TPSA) is 52.6 Å². The maximum atomic E-state index is 14.0. The zero-order valence-corrected chi connectivity index (χ0v) is 19.1. The predicted molar refractivity (Wildman–Crippen MR) is 118 cm³/mol. The van der Waals surface area contributed by atoms with E-state index in [4.69, 9.17) is 9.26 Å². The number of thioether (sulfide) groups is 1. The third-order valence-electron chi connectivity index (χ3n) is 4.73. The fraction of sp³-hybridized carbons (Fsp3) is 0.500. The number of hydrogen-bond acceptors (Lipinski definition) is 5. The first-order chi connectivity index (χ1) is 13.3. The number of benzene rings is 2. The summed E-state index contributed by atoms with van der Waals surface area (Å²) in [6, 6.07) is 14.3. The molecule has 2 aromatic rings. The smallest absolute Gasteiger partial charge is 0.321 e. The minimum absolute atomic E-state index is 0.189. The Morgan fingerprint density at radius 2 is 1.79 bits per heavy atom. The summed E-state index contributed by atoms with van der Waals surface area (Å²) in [4.78, 5) is 13.8. The van der Waals surface area contributed by atoms with Gasteiger partial charge in [0.1, 0.15) is 5.16 Å². The van der Waals surface area contributed by atoms with E-state index in [-0.39, 0.29) is 18.0 Å². The summed E-state index contributed by atoms with van der Waals surface area (Å²) in [5, 5.41) is 1.14. The highest BCUT2D eigenvalue weighted by Gasteiger charge is 2.52. The van der Waals surface area contributed by atoms with E-state index < -0.39 is 18.5 Å². The van der Waals surface area contributed by atoms with Crippen molar-refractivity contribution in [2.45, 2.75) is 51.1 Å². The van der Waals surface area contributed by atoms with Gasteiger partial charge < -0.3 is 9.26 Å². The molecule has 2 rings (SSSR count). The van der Waals surface area contributed by atoms with Crippen LogP contribution in [-0.4, -0.2) is 29.8 Å². The lowest BCUT2D eigenvalue weighted by Gasteiger charge is -2.36. The van der Waals surface area contributed by atoms with Crippen LogP contribution in [0.4, 0.5) is 0 Å². The molecule has 0 spiro atoms. The number of carbonyl (C=O) groups excluding carboxylic acids is 1. The standard InChI is InChI=1S/C22H31O4PS/c1-6-25-21(23)22(5,15-17(3)4)27(24,26-7-2)16-28-20-13-12-18-10-8-9-11-19(18)14-20/h8-14,17H,6-7,15-16H2,1-5H3. The molecule has 0 aliphatic rings. The van der Waals surface area contributed by atoms with E-state index in [9.17, 15) is 9.36 Å². The quantitative estimate of drug-likeness (QED) is 0.246. The van der Waals surface area contributed by atoms with Crippen LogP contribution in [0.3, 0.4) is 0 Å². The van der Waals surface area contributed by atoms with Crippen LogP contribution in [-0.2, 0) is 18.6 Å². The highest BCUT2D eigenvalue weighted by Crippen LogP contribution is 2.64. The van der Waals surface area contributed by atoms with Crippen molar-refractivity contribution in [2.24, 2.45) is 5.92 Å². The monoisotopic (exact) mass is 422 g/mol. The fourth-order valence-electron chi connectivity index (χ4n) is 3.39. The second kappa shape index (κ2) is 9.96. The van der Waals surface area contributed by atoms with Crippen LogP contribution in [0, 0.1) is 5.92 Å². The highest BCUT2D eigenvalue weighted by atomic mass is 32.2. The third kappa shape index (κ3) is 5.20. The zero-order chi connectivity index (χ0) is 20.8. The lowest BCUT2D eigenvalue weighted by atomic mass is 9.98. The number of ether oxygens (including phenoxy) is 1. The third-order valence-corrected chi connectivity index (χ3v) is 9.74. The Morgan fingerprint density at radius 1 is 1.11 bits per heavy atom. The second-order valence-electron chi connectivity index (χ2n) is 7.47. The lowest BCUT2D eigenvalue weighted by molar-refractivity contribution is -0.146. The van der Waals surface area contributed by atoms with Gasteiger partial charge in [-0.15, -0.1) is 11.8 Å². The number of carbonyl (C=O) groups is 1. The second-order valence-corrected chi connectivity index (χ2v) is 11.9. The minimum Gasteiger partial charge on any atom is -0.465 e. The summed E-state index contributed by atoms with van der Waals surface area (Å²) in [6.07, 6.45) is 0.460. The summed E-state index contributed by atoms with van der Waals surface area (Å²) in [5.41, 5.74) is 0.237. The van der Waals surface area contributed by atoms with Gasteiger partial charge >= 0.3 is 5.97 Å². The molecule has 2 unspecified atom stereocenters. The molecule has 0 radical (unpaired) electrons. The molecule has 0 fully saturated rings. The molecular formula is C22H31O4PS. The maximum absolute atomic E-state index is 14.0. The van der Waals surface area contributed by atoms with Crippen molar-refractivity contribution in [3.63, 3.8) is 0 Å². The van der Waals surface area contributed by atoms with Crippen LogP contribution >= 0.6 is 19.1 Å². The van der Waals surface area contributed by atoms with Crippen molar-refractivity contribution in [1.82, 2.24) is 0 Å². The molecule has 6 heteroatoms. The van der Waals surface area contributed by atoms with Crippen LogP contribution in [0.1, 0.15) is 41.0 Å². The molecule has 0 amide bonds. The Bertz CT molecular complexity index is 851. The molecule has 28 heavy (non-hydrogen) atoms. The van der Waals surface area contributed by atoms with E-state index in [1.54, 1.807) is 13.8 Å². The van der Waals surface area contributed by atoms with Crippen LogP contribution in [0.5, 0.6) is 0 Å². The highest BCUT2D eigenvalue weighted by molar-refractivity contribution is 8.05. The summed E-state index contributed by atoms with van der Waals surface area (Å²) >= 11 is 1.48. The largest absolute Gasteiger partial charge is 0.465 e. The molecule has 2 atom stereocenters. The molecule has 154 valence electrons. The van der Waals surface area contributed by atoms with Gasteiger partial charge in [0.15, 0.2) is 0 Å². The average molecular weight is 423 g/mol. The lowest BCUT2D eigenvalue weighted by Crippen LogP contribution is -2.39. The number of rotatable bonds is 10. The zero-order valence-electron chi connectivity index (χ0n) is 17.4. The van der Waals surface area contributed by atoms with E-state index in [1.807, 2.05) is 39.0 Å². The number of fused-ring (bicyclic) bond motifs is 1. The first-order valence-electron chi connectivity index (χ1n) is 9.78. The van der Waals surface area contributed by atoms with Crippen LogP contribution < -0.4 is 0 Å². The molecule has 0 bridgehead atoms. The van der Waals surface area contributed by atoms with E-state index in [0.29, 0.717) is 13.0 Å². The van der Waals surface area contributed by atoms with Crippen molar-refractivity contribution < 1.29 is 18.6 Å². The van der Waals surface area contributed by atoms with E-state index in [1.165, 1.54) is 11.8 Å².